The van der Waals surface area contributed by atoms with Crippen LogP contribution in [0.2, 0.25) is 0 Å². The van der Waals surface area contributed by atoms with Crippen molar-refractivity contribution in [3.63, 3.8) is 0 Å². The molecule has 0 heterocycles. The number of phenols is 4. The van der Waals surface area contributed by atoms with Crippen LogP contribution in [0.4, 0.5) is 0 Å². The highest BCUT2D eigenvalue weighted by Crippen LogP contribution is 2.44. The Balaban J connectivity index is 0.00000141. The van der Waals surface area contributed by atoms with Crippen LogP contribution in [0.25, 0.3) is 0 Å². The molecule has 4 rings (SSSR count). The third-order valence-corrected chi connectivity index (χ3v) is 5.34. The van der Waals surface area contributed by atoms with Crippen molar-refractivity contribution in [1.82, 2.24) is 0 Å². The lowest BCUT2D eigenvalue weighted by Gasteiger charge is -2.29. The molecule has 0 spiro atoms. The molecule has 0 fully saturated rings. The van der Waals surface area contributed by atoms with E-state index in [2.05, 4.69) is 0 Å². The molecule has 0 saturated carbocycles. The van der Waals surface area contributed by atoms with Gasteiger partial charge in [-0.2, -0.15) is 0 Å². The van der Waals surface area contributed by atoms with Gasteiger partial charge in [0.2, 0.25) is 0 Å². The van der Waals surface area contributed by atoms with Gasteiger partial charge < -0.3 is 20.4 Å². The molecule has 4 nitrogen and oxygen atoms in total. The molecule has 164 valence electrons. The van der Waals surface area contributed by atoms with Crippen molar-refractivity contribution in [2.75, 3.05) is 0 Å². The van der Waals surface area contributed by atoms with Gasteiger partial charge in [-0.3, -0.25) is 0 Å². The molecule has 0 aromatic heterocycles. The van der Waals surface area contributed by atoms with Crippen molar-refractivity contribution < 1.29 is 20.4 Å². The second-order valence-corrected chi connectivity index (χ2v) is 7.32. The normalized spacial score (nSPS) is 10.6. The highest BCUT2D eigenvalue weighted by atomic mass is 16.3. The molecule has 0 amide bonds. The van der Waals surface area contributed by atoms with E-state index in [1.807, 2.05) is 62.4 Å². The summed E-state index contributed by atoms with van der Waals surface area (Å²) in [6, 6.07) is 28.4. The summed E-state index contributed by atoms with van der Waals surface area (Å²) < 4.78 is 0. The van der Waals surface area contributed by atoms with E-state index in [1.54, 1.807) is 48.5 Å². The van der Waals surface area contributed by atoms with Gasteiger partial charge in [0.05, 0.1) is 0 Å². The smallest absolute Gasteiger partial charge is 0.115 e. The van der Waals surface area contributed by atoms with Crippen LogP contribution >= 0.6 is 0 Å². The summed E-state index contributed by atoms with van der Waals surface area (Å²) >= 11 is 0. The minimum Gasteiger partial charge on any atom is -0.508 e. The molecule has 0 aliphatic heterocycles. The van der Waals surface area contributed by atoms with Crippen molar-refractivity contribution >= 4 is 0 Å². The number of rotatable bonds is 5. The molecule has 0 saturated heterocycles. The maximum Gasteiger partial charge on any atom is 0.115 e. The number of hydrogen-bond acceptors (Lipinski definition) is 4. The first-order valence-corrected chi connectivity index (χ1v) is 10.7. The largest absolute Gasteiger partial charge is 0.508 e. The van der Waals surface area contributed by atoms with Crippen LogP contribution in [0.1, 0.15) is 47.9 Å². The summed E-state index contributed by atoms with van der Waals surface area (Å²) in [5, 5.41) is 39.2. The Morgan fingerprint density at radius 2 is 0.500 bits per heavy atom. The van der Waals surface area contributed by atoms with Gasteiger partial charge in [0.25, 0.3) is 0 Å². The van der Waals surface area contributed by atoms with Crippen LogP contribution in [0, 0.1) is 0 Å². The third-order valence-electron chi connectivity index (χ3n) is 5.34. The monoisotopic (exact) mass is 428 g/mol. The standard InChI is InChI=1S/C26H22O4.C2H6/c27-21-9-1-17(2-10-21)25(18-3-11-22(28)12-4-18)26(19-5-13-23(29)14-6-19)20-7-15-24(30)16-8-20;1-2/h1-16,25-30H;1-2H3. The molecule has 0 unspecified atom stereocenters. The summed E-state index contributed by atoms with van der Waals surface area (Å²) in [6.45, 7) is 4.00. The summed E-state index contributed by atoms with van der Waals surface area (Å²) in [5.74, 6) is 0.478. The lowest BCUT2D eigenvalue weighted by atomic mass is 9.73. The van der Waals surface area contributed by atoms with Crippen molar-refractivity contribution in [3.8, 4) is 23.0 Å². The summed E-state index contributed by atoms with van der Waals surface area (Å²) in [7, 11) is 0. The van der Waals surface area contributed by atoms with E-state index in [9.17, 15) is 20.4 Å². The molecular formula is C28H28O4. The summed E-state index contributed by atoms with van der Waals surface area (Å²) in [5.41, 5.74) is 3.96. The van der Waals surface area contributed by atoms with Crippen molar-refractivity contribution in [1.29, 1.82) is 0 Å². The van der Waals surface area contributed by atoms with Crippen LogP contribution in [0.3, 0.4) is 0 Å². The molecule has 0 bridgehead atoms. The van der Waals surface area contributed by atoms with E-state index in [0.717, 1.165) is 22.3 Å². The molecule has 4 aromatic carbocycles. The first-order chi connectivity index (χ1) is 15.5. The average Bonchev–Trinajstić information content (AvgIpc) is 2.82. The zero-order valence-corrected chi connectivity index (χ0v) is 18.2. The fourth-order valence-corrected chi connectivity index (χ4v) is 3.88. The van der Waals surface area contributed by atoms with Crippen LogP contribution in [-0.4, -0.2) is 20.4 Å². The first kappa shape index (κ1) is 22.8. The molecule has 0 aliphatic carbocycles. The molecule has 4 aromatic rings. The van der Waals surface area contributed by atoms with E-state index in [0.29, 0.717) is 0 Å². The summed E-state index contributed by atoms with van der Waals surface area (Å²) in [6.07, 6.45) is 0. The maximum absolute atomic E-state index is 9.79. The highest BCUT2D eigenvalue weighted by Gasteiger charge is 2.28. The quantitative estimate of drug-likeness (QED) is 0.292. The Kier molecular flexibility index (Phi) is 7.40. The van der Waals surface area contributed by atoms with Crippen molar-refractivity contribution in [2.45, 2.75) is 25.7 Å². The molecule has 0 atom stereocenters. The average molecular weight is 429 g/mol. The highest BCUT2D eigenvalue weighted by molar-refractivity contribution is 5.47. The maximum atomic E-state index is 9.79. The van der Waals surface area contributed by atoms with E-state index >= 15 is 0 Å². The first-order valence-electron chi connectivity index (χ1n) is 10.7. The van der Waals surface area contributed by atoms with Crippen LogP contribution in [0.15, 0.2) is 97.1 Å². The molecule has 0 aliphatic rings. The lowest BCUT2D eigenvalue weighted by molar-refractivity contribution is 0.473. The third kappa shape index (κ3) is 5.22. The molecule has 4 N–H and O–H groups in total. The van der Waals surface area contributed by atoms with Gasteiger partial charge in [0.15, 0.2) is 0 Å². The zero-order valence-electron chi connectivity index (χ0n) is 18.2. The van der Waals surface area contributed by atoms with Gasteiger partial charge in [0.1, 0.15) is 23.0 Å². The van der Waals surface area contributed by atoms with Crippen molar-refractivity contribution in [2.24, 2.45) is 0 Å². The minimum atomic E-state index is -0.139. The Morgan fingerprint density at radius 3 is 0.656 bits per heavy atom. The number of aromatic hydroxyl groups is 4. The summed E-state index contributed by atoms with van der Waals surface area (Å²) in [4.78, 5) is 0. The van der Waals surface area contributed by atoms with E-state index in [4.69, 9.17) is 0 Å². The van der Waals surface area contributed by atoms with Gasteiger partial charge in [-0.15, -0.1) is 0 Å². The van der Waals surface area contributed by atoms with Crippen LogP contribution < -0.4 is 0 Å². The fourth-order valence-electron chi connectivity index (χ4n) is 3.88. The van der Waals surface area contributed by atoms with Gasteiger partial charge in [-0.05, 0) is 70.8 Å². The number of hydrogen-bond donors (Lipinski definition) is 4. The van der Waals surface area contributed by atoms with Gasteiger partial charge in [-0.25, -0.2) is 0 Å². The second kappa shape index (κ2) is 10.4. The number of benzene rings is 4. The van der Waals surface area contributed by atoms with E-state index in [1.165, 1.54) is 0 Å². The molecule has 32 heavy (non-hydrogen) atoms. The predicted octanol–water partition coefficient (Wildman–Crippen LogP) is 6.50. The SMILES string of the molecule is CC.Oc1ccc(C(c2ccc(O)cc2)C(c2ccc(O)cc2)c2ccc(O)cc2)cc1. The van der Waals surface area contributed by atoms with Crippen LogP contribution in [-0.2, 0) is 0 Å². The zero-order chi connectivity index (χ0) is 23.1. The van der Waals surface area contributed by atoms with Crippen molar-refractivity contribution in [3.05, 3.63) is 119 Å². The topological polar surface area (TPSA) is 80.9 Å². The predicted molar refractivity (Wildman–Crippen MR) is 127 cm³/mol. The molecular weight excluding hydrogens is 400 g/mol. The molecule has 4 heteroatoms. The van der Waals surface area contributed by atoms with E-state index in [-0.39, 0.29) is 34.8 Å². The Hall–Kier alpha value is -3.92. The number of phenolic OH excluding ortho intramolecular Hbond substituents is 4. The van der Waals surface area contributed by atoms with Crippen LogP contribution in [0.5, 0.6) is 23.0 Å². The van der Waals surface area contributed by atoms with Gasteiger partial charge in [0, 0.05) is 11.8 Å². The minimum absolute atomic E-state index is 0.139. The van der Waals surface area contributed by atoms with E-state index < -0.39 is 0 Å². The Labute approximate surface area is 188 Å². The Morgan fingerprint density at radius 1 is 0.344 bits per heavy atom. The second-order valence-electron chi connectivity index (χ2n) is 7.32. The van der Waals surface area contributed by atoms with Gasteiger partial charge in [-0.1, -0.05) is 62.4 Å². The molecule has 0 radical (unpaired) electrons. The Bertz CT molecular complexity index is 916. The van der Waals surface area contributed by atoms with Gasteiger partial charge >= 0.3 is 0 Å². The lowest BCUT2D eigenvalue weighted by Crippen LogP contribution is -2.14. The fraction of sp³-hybridized carbons (Fsp3) is 0.143.